The minimum Gasteiger partial charge on any atom is -0.495 e. The minimum absolute atomic E-state index is 0.654. The Kier molecular flexibility index (Phi) is 3.41. The predicted octanol–water partition coefficient (Wildman–Crippen LogP) is 0.854. The first kappa shape index (κ1) is 13.7. The van der Waals surface area contributed by atoms with Crippen LogP contribution < -0.4 is 14.5 Å². The molecule has 1 saturated heterocycles. The van der Waals surface area contributed by atoms with E-state index in [-0.39, 0.29) is 0 Å². The van der Waals surface area contributed by atoms with Gasteiger partial charge in [-0.15, -0.1) is 14.8 Å². The summed E-state index contributed by atoms with van der Waals surface area (Å²) in [7, 11) is 1.71. The Morgan fingerprint density at radius 1 is 0.957 bits per heavy atom. The molecule has 1 aliphatic heterocycles. The summed E-state index contributed by atoms with van der Waals surface area (Å²) >= 11 is 0. The Morgan fingerprint density at radius 3 is 2.57 bits per heavy atom. The highest BCUT2D eigenvalue weighted by molar-refractivity contribution is 5.59. The molecule has 3 heterocycles. The van der Waals surface area contributed by atoms with Gasteiger partial charge in [0.1, 0.15) is 5.75 Å². The van der Waals surface area contributed by atoms with Crippen LogP contribution in [0.4, 0.5) is 11.5 Å². The molecular weight excluding hydrogens is 294 g/mol. The summed E-state index contributed by atoms with van der Waals surface area (Å²) in [6.45, 7) is 3.60. The van der Waals surface area contributed by atoms with Crippen LogP contribution in [-0.2, 0) is 0 Å². The van der Waals surface area contributed by atoms with Gasteiger partial charge >= 0.3 is 0 Å². The minimum atomic E-state index is 0.654. The lowest BCUT2D eigenvalue weighted by molar-refractivity contribution is 0.413. The Labute approximate surface area is 133 Å². The van der Waals surface area contributed by atoms with E-state index in [4.69, 9.17) is 4.74 Å². The zero-order valence-electron chi connectivity index (χ0n) is 12.8. The van der Waals surface area contributed by atoms with Gasteiger partial charge in [-0.25, -0.2) is 0 Å². The second-order valence-electron chi connectivity index (χ2n) is 5.36. The van der Waals surface area contributed by atoms with Crippen LogP contribution in [0.2, 0.25) is 0 Å². The third-order valence-electron chi connectivity index (χ3n) is 4.08. The zero-order chi connectivity index (χ0) is 15.6. The number of rotatable bonds is 3. The predicted molar refractivity (Wildman–Crippen MR) is 86.0 cm³/mol. The first-order valence-electron chi connectivity index (χ1n) is 7.53. The Bertz CT molecular complexity index is 810. The number of nitrogens with zero attached hydrogens (tertiary/aromatic N) is 7. The highest BCUT2D eigenvalue weighted by Crippen LogP contribution is 2.28. The largest absolute Gasteiger partial charge is 0.495 e. The molecular formula is C15H17N7O. The summed E-state index contributed by atoms with van der Waals surface area (Å²) < 4.78 is 6.92. The van der Waals surface area contributed by atoms with E-state index < -0.39 is 0 Å². The van der Waals surface area contributed by atoms with Crippen molar-refractivity contribution in [3.63, 3.8) is 0 Å². The van der Waals surface area contributed by atoms with Gasteiger partial charge in [0.25, 0.3) is 0 Å². The summed E-state index contributed by atoms with van der Waals surface area (Å²) in [5, 5.41) is 15.8. The van der Waals surface area contributed by atoms with Crippen LogP contribution in [0.1, 0.15) is 0 Å². The highest BCUT2D eigenvalue weighted by Gasteiger charge is 2.20. The van der Waals surface area contributed by atoms with Gasteiger partial charge in [-0.3, -0.25) is 0 Å². The van der Waals surface area contributed by atoms with E-state index in [2.05, 4.69) is 36.5 Å². The number of tetrazole rings is 1. The van der Waals surface area contributed by atoms with Crippen molar-refractivity contribution in [3.8, 4) is 5.75 Å². The first-order valence-corrected chi connectivity index (χ1v) is 7.53. The summed E-state index contributed by atoms with van der Waals surface area (Å²) in [5.74, 6) is 1.80. The lowest BCUT2D eigenvalue weighted by atomic mass is 10.2. The molecule has 0 aliphatic carbocycles. The first-order chi connectivity index (χ1) is 11.3. The van der Waals surface area contributed by atoms with Crippen LogP contribution in [0.5, 0.6) is 5.75 Å². The number of hydrogen-bond donors (Lipinski definition) is 0. The van der Waals surface area contributed by atoms with Crippen molar-refractivity contribution in [2.24, 2.45) is 0 Å². The number of piperazine rings is 1. The van der Waals surface area contributed by atoms with E-state index in [0.717, 1.165) is 43.4 Å². The van der Waals surface area contributed by atoms with Gasteiger partial charge in [0, 0.05) is 26.2 Å². The van der Waals surface area contributed by atoms with Crippen LogP contribution in [0.3, 0.4) is 0 Å². The maximum absolute atomic E-state index is 5.46. The van der Waals surface area contributed by atoms with Crippen molar-refractivity contribution in [2.45, 2.75) is 0 Å². The lowest BCUT2D eigenvalue weighted by Gasteiger charge is -2.37. The topological polar surface area (TPSA) is 71.7 Å². The van der Waals surface area contributed by atoms with Crippen LogP contribution in [0, 0.1) is 0 Å². The zero-order valence-corrected chi connectivity index (χ0v) is 12.8. The monoisotopic (exact) mass is 311 g/mol. The Morgan fingerprint density at radius 2 is 1.74 bits per heavy atom. The van der Waals surface area contributed by atoms with Crippen LogP contribution >= 0.6 is 0 Å². The molecule has 0 bridgehead atoms. The van der Waals surface area contributed by atoms with Crippen molar-refractivity contribution >= 4 is 17.2 Å². The van der Waals surface area contributed by atoms with Gasteiger partial charge in [-0.1, -0.05) is 12.1 Å². The van der Waals surface area contributed by atoms with Crippen LogP contribution in [-0.4, -0.2) is 58.5 Å². The summed E-state index contributed by atoms with van der Waals surface area (Å²) in [4.78, 5) is 4.58. The Balaban J connectivity index is 1.50. The van der Waals surface area contributed by atoms with E-state index in [1.54, 1.807) is 7.11 Å². The molecule has 1 fully saturated rings. The van der Waals surface area contributed by atoms with Crippen molar-refractivity contribution in [2.75, 3.05) is 43.1 Å². The smallest absolute Gasteiger partial charge is 0.200 e. The maximum Gasteiger partial charge on any atom is 0.200 e. The van der Waals surface area contributed by atoms with Crippen LogP contribution in [0.15, 0.2) is 36.4 Å². The molecule has 1 aromatic carbocycles. The average Bonchev–Trinajstić information content (AvgIpc) is 3.09. The number of hydrogen-bond acceptors (Lipinski definition) is 7. The molecule has 118 valence electrons. The number of anilines is 2. The molecule has 0 radical (unpaired) electrons. The normalized spacial score (nSPS) is 15.2. The van der Waals surface area contributed by atoms with Gasteiger partial charge in [-0.05, 0) is 34.7 Å². The number of para-hydroxylation sites is 2. The van der Waals surface area contributed by atoms with Gasteiger partial charge in [0.05, 0.1) is 12.8 Å². The number of benzene rings is 1. The maximum atomic E-state index is 5.46. The van der Waals surface area contributed by atoms with Gasteiger partial charge < -0.3 is 14.5 Å². The van der Waals surface area contributed by atoms with Crippen molar-refractivity contribution < 1.29 is 4.74 Å². The number of fused-ring (bicyclic) bond motifs is 1. The summed E-state index contributed by atoms with van der Waals surface area (Å²) in [6, 6.07) is 12.0. The fraction of sp³-hybridized carbons (Fsp3) is 0.333. The average molecular weight is 311 g/mol. The fourth-order valence-corrected chi connectivity index (χ4v) is 2.88. The fourth-order valence-electron chi connectivity index (χ4n) is 2.88. The molecule has 0 saturated carbocycles. The van der Waals surface area contributed by atoms with Gasteiger partial charge in [0.2, 0.25) is 0 Å². The van der Waals surface area contributed by atoms with E-state index in [9.17, 15) is 0 Å². The number of methoxy groups -OCH3 is 1. The van der Waals surface area contributed by atoms with E-state index in [0.29, 0.717) is 5.65 Å². The van der Waals surface area contributed by atoms with Crippen molar-refractivity contribution in [3.05, 3.63) is 36.4 Å². The molecule has 4 rings (SSSR count). The quantitative estimate of drug-likeness (QED) is 0.710. The number of aromatic nitrogens is 5. The molecule has 23 heavy (non-hydrogen) atoms. The lowest BCUT2D eigenvalue weighted by Crippen LogP contribution is -2.47. The second kappa shape index (κ2) is 5.71. The van der Waals surface area contributed by atoms with Gasteiger partial charge in [-0.2, -0.15) is 0 Å². The van der Waals surface area contributed by atoms with E-state index in [1.165, 1.54) is 4.63 Å². The molecule has 3 aromatic rings. The highest BCUT2D eigenvalue weighted by atomic mass is 16.5. The molecule has 1 aliphatic rings. The third-order valence-corrected chi connectivity index (χ3v) is 4.08. The third kappa shape index (κ3) is 2.52. The molecule has 8 nitrogen and oxygen atoms in total. The summed E-state index contributed by atoms with van der Waals surface area (Å²) in [5.41, 5.74) is 1.79. The molecule has 0 unspecified atom stereocenters. The molecule has 0 atom stereocenters. The molecule has 0 amide bonds. The summed E-state index contributed by atoms with van der Waals surface area (Å²) in [6.07, 6.45) is 0. The molecule has 8 heteroatoms. The molecule has 2 aromatic heterocycles. The number of ether oxygens (including phenoxy) is 1. The Hall–Kier alpha value is -2.90. The van der Waals surface area contributed by atoms with Crippen molar-refractivity contribution in [1.29, 1.82) is 0 Å². The second-order valence-corrected chi connectivity index (χ2v) is 5.36. The standard InChI is InChI=1S/C15H17N7O/c1-23-13-5-3-2-4-12(13)20-8-10-21(11-9-20)15-7-6-14-16-18-19-22(14)17-15/h2-7H,8-11H2,1H3. The molecule has 0 spiro atoms. The van der Waals surface area contributed by atoms with Crippen LogP contribution in [0.25, 0.3) is 5.65 Å². The van der Waals surface area contributed by atoms with E-state index >= 15 is 0 Å². The van der Waals surface area contributed by atoms with Gasteiger partial charge in [0.15, 0.2) is 11.5 Å². The SMILES string of the molecule is COc1ccccc1N1CCN(c2ccc3nnnn3n2)CC1. The van der Waals surface area contributed by atoms with Crippen molar-refractivity contribution in [1.82, 2.24) is 25.3 Å². The molecule has 0 N–H and O–H groups in total. The van der Waals surface area contributed by atoms with E-state index in [1.807, 2.05) is 30.3 Å².